The molecule has 164 valence electrons. The first-order valence-corrected chi connectivity index (χ1v) is 11.6. The summed E-state index contributed by atoms with van der Waals surface area (Å²) in [5, 5.41) is 4.71. The normalized spacial score (nSPS) is 20.0. The standard InChI is InChI=1S/C24H34Cl2N4/c1-16(6-7-18(3)30-12-10-29(5)11-13-30)20-14-22(25)23(26)15-21(20)24-17(2)8-9-27-19(4)28-24/h7,14-16H,6,8-13H2,1-5H3,(H,27,28). The molecule has 1 unspecified atom stereocenters. The summed E-state index contributed by atoms with van der Waals surface area (Å²) in [4.78, 5) is 9.44. The van der Waals surface area contributed by atoms with Crippen LogP contribution in [0.4, 0.5) is 0 Å². The maximum absolute atomic E-state index is 6.44. The van der Waals surface area contributed by atoms with Crippen molar-refractivity contribution < 1.29 is 0 Å². The maximum Gasteiger partial charge on any atom is 0.0975 e. The zero-order valence-corrected chi connectivity index (χ0v) is 20.4. The average molecular weight is 449 g/mol. The Morgan fingerprint density at radius 2 is 1.83 bits per heavy atom. The van der Waals surface area contributed by atoms with E-state index in [1.807, 2.05) is 19.1 Å². The Kier molecular flexibility index (Phi) is 7.89. The molecule has 0 amide bonds. The van der Waals surface area contributed by atoms with Gasteiger partial charge in [0.1, 0.15) is 0 Å². The van der Waals surface area contributed by atoms with E-state index >= 15 is 0 Å². The Morgan fingerprint density at radius 1 is 1.17 bits per heavy atom. The van der Waals surface area contributed by atoms with E-state index in [0.717, 1.165) is 62.7 Å². The lowest BCUT2D eigenvalue weighted by Crippen LogP contribution is -2.43. The Bertz CT molecular complexity index is 864. The second-order valence-corrected chi connectivity index (χ2v) is 9.44. The highest BCUT2D eigenvalue weighted by Crippen LogP contribution is 2.36. The van der Waals surface area contributed by atoms with Gasteiger partial charge in [0.2, 0.25) is 0 Å². The number of hydrogen-bond donors (Lipinski definition) is 1. The van der Waals surface area contributed by atoms with Crippen molar-refractivity contribution in [3.05, 3.63) is 50.7 Å². The molecule has 0 saturated carbocycles. The van der Waals surface area contributed by atoms with Crippen molar-refractivity contribution in [1.29, 1.82) is 0 Å². The lowest BCUT2D eigenvalue weighted by atomic mass is 9.89. The molecule has 1 aromatic carbocycles. The number of benzene rings is 1. The van der Waals surface area contributed by atoms with Gasteiger partial charge in [0.25, 0.3) is 0 Å². The Morgan fingerprint density at radius 3 is 2.53 bits per heavy atom. The zero-order chi connectivity index (χ0) is 21.8. The number of nitrogens with one attached hydrogen (secondary N) is 1. The monoisotopic (exact) mass is 448 g/mol. The number of nitrogens with zero attached hydrogens (tertiary/aromatic N) is 3. The van der Waals surface area contributed by atoms with Gasteiger partial charge in [-0.2, -0.15) is 0 Å². The van der Waals surface area contributed by atoms with E-state index in [2.05, 4.69) is 54.0 Å². The number of allylic oxidation sites excluding steroid dienone is 2. The van der Waals surface area contributed by atoms with Gasteiger partial charge in [-0.05, 0) is 69.8 Å². The summed E-state index contributed by atoms with van der Waals surface area (Å²) in [6.07, 6.45) is 4.27. The molecule has 0 aliphatic carbocycles. The van der Waals surface area contributed by atoms with Crippen molar-refractivity contribution >= 4 is 34.7 Å². The lowest BCUT2D eigenvalue weighted by molar-refractivity contribution is 0.186. The molecule has 0 spiro atoms. The molecule has 2 heterocycles. The fourth-order valence-corrected chi connectivity index (χ4v) is 4.43. The Balaban J connectivity index is 1.87. The van der Waals surface area contributed by atoms with Crippen LogP contribution in [-0.2, 0) is 0 Å². The summed E-state index contributed by atoms with van der Waals surface area (Å²) in [5.74, 6) is 1.26. The van der Waals surface area contributed by atoms with Crippen LogP contribution >= 0.6 is 23.2 Å². The number of piperazine rings is 1. The van der Waals surface area contributed by atoms with Crippen LogP contribution in [0.3, 0.4) is 0 Å². The van der Waals surface area contributed by atoms with Gasteiger partial charge >= 0.3 is 0 Å². The van der Waals surface area contributed by atoms with Crippen molar-refractivity contribution in [3.63, 3.8) is 0 Å². The predicted molar refractivity (Wildman–Crippen MR) is 131 cm³/mol. The molecule has 1 saturated heterocycles. The summed E-state index contributed by atoms with van der Waals surface area (Å²) in [6.45, 7) is 13.9. The second kappa shape index (κ2) is 10.2. The van der Waals surface area contributed by atoms with Crippen LogP contribution in [0.5, 0.6) is 0 Å². The smallest absolute Gasteiger partial charge is 0.0975 e. The molecule has 30 heavy (non-hydrogen) atoms. The minimum Gasteiger partial charge on any atom is -0.373 e. The lowest BCUT2D eigenvalue weighted by Gasteiger charge is -2.34. The van der Waals surface area contributed by atoms with E-state index in [0.29, 0.717) is 16.0 Å². The van der Waals surface area contributed by atoms with Crippen LogP contribution in [-0.4, -0.2) is 55.4 Å². The van der Waals surface area contributed by atoms with Crippen LogP contribution in [0.1, 0.15) is 57.6 Å². The van der Waals surface area contributed by atoms with E-state index in [4.69, 9.17) is 23.2 Å². The number of rotatable bonds is 5. The third-order valence-electron chi connectivity index (χ3n) is 6.23. The largest absolute Gasteiger partial charge is 0.373 e. The topological polar surface area (TPSA) is 30.9 Å². The van der Waals surface area contributed by atoms with Crippen molar-refractivity contribution in [2.45, 2.75) is 46.5 Å². The van der Waals surface area contributed by atoms with Gasteiger partial charge < -0.3 is 15.1 Å². The molecular formula is C24H34Cl2N4. The summed E-state index contributed by atoms with van der Waals surface area (Å²) < 4.78 is 0. The number of likely N-dealkylation sites (N-methyl/N-ethyl adjacent to an activating group) is 1. The van der Waals surface area contributed by atoms with E-state index in [9.17, 15) is 0 Å². The molecule has 1 aromatic rings. The SMILES string of the molecule is CC(=CCC(C)c1cc(Cl)c(Cl)cc1C1=C(C)CCN=C(C)N1)N1CCN(C)CC1. The number of aliphatic imine (C=N–C) groups is 1. The first-order chi connectivity index (χ1) is 14.3. The first-order valence-electron chi connectivity index (χ1n) is 10.8. The van der Waals surface area contributed by atoms with Gasteiger partial charge in [0, 0.05) is 49.7 Å². The Labute approximate surface area is 191 Å². The first kappa shape index (κ1) is 23.2. The number of hydrogen-bond acceptors (Lipinski definition) is 4. The quantitative estimate of drug-likeness (QED) is 0.618. The summed E-state index contributed by atoms with van der Waals surface area (Å²) in [6, 6.07) is 4.06. The van der Waals surface area contributed by atoms with Crippen LogP contribution in [0.25, 0.3) is 5.70 Å². The highest BCUT2D eigenvalue weighted by Gasteiger charge is 2.20. The summed E-state index contributed by atoms with van der Waals surface area (Å²) in [5.41, 5.74) is 6.14. The summed E-state index contributed by atoms with van der Waals surface area (Å²) >= 11 is 12.9. The van der Waals surface area contributed by atoms with Crippen LogP contribution in [0.2, 0.25) is 10.0 Å². The van der Waals surface area contributed by atoms with Gasteiger partial charge in [-0.15, -0.1) is 0 Å². The second-order valence-electron chi connectivity index (χ2n) is 8.62. The molecule has 6 heteroatoms. The third-order valence-corrected chi connectivity index (χ3v) is 6.95. The molecule has 0 radical (unpaired) electrons. The van der Waals surface area contributed by atoms with Crippen LogP contribution in [0.15, 0.2) is 34.5 Å². The number of halogens is 2. The summed E-state index contributed by atoms with van der Waals surface area (Å²) in [7, 11) is 2.19. The van der Waals surface area contributed by atoms with E-state index < -0.39 is 0 Å². The van der Waals surface area contributed by atoms with Gasteiger partial charge in [0.15, 0.2) is 0 Å². The van der Waals surface area contributed by atoms with Gasteiger partial charge in [-0.25, -0.2) is 0 Å². The highest BCUT2D eigenvalue weighted by molar-refractivity contribution is 6.42. The van der Waals surface area contributed by atoms with E-state index in [-0.39, 0.29) is 0 Å². The molecule has 1 fully saturated rings. The molecule has 4 nitrogen and oxygen atoms in total. The van der Waals surface area contributed by atoms with Gasteiger partial charge in [-0.3, -0.25) is 4.99 Å². The molecule has 1 atom stereocenters. The van der Waals surface area contributed by atoms with E-state index in [1.165, 1.54) is 16.8 Å². The molecule has 2 aliphatic heterocycles. The maximum atomic E-state index is 6.44. The average Bonchev–Trinajstić information content (AvgIpc) is 2.88. The molecular weight excluding hydrogens is 415 g/mol. The van der Waals surface area contributed by atoms with Crippen molar-refractivity contribution in [3.8, 4) is 0 Å². The molecule has 0 bridgehead atoms. The van der Waals surface area contributed by atoms with Gasteiger partial charge in [0.05, 0.1) is 15.9 Å². The molecule has 0 aromatic heterocycles. The predicted octanol–water partition coefficient (Wildman–Crippen LogP) is 5.78. The zero-order valence-electron chi connectivity index (χ0n) is 18.9. The van der Waals surface area contributed by atoms with Crippen LogP contribution < -0.4 is 5.32 Å². The molecule has 2 aliphatic rings. The fraction of sp³-hybridized carbons (Fsp3) is 0.542. The van der Waals surface area contributed by atoms with Crippen molar-refractivity contribution in [2.75, 3.05) is 39.8 Å². The highest BCUT2D eigenvalue weighted by atomic mass is 35.5. The van der Waals surface area contributed by atoms with E-state index in [1.54, 1.807) is 0 Å². The number of amidine groups is 1. The third kappa shape index (κ3) is 5.60. The van der Waals surface area contributed by atoms with Crippen LogP contribution in [0, 0.1) is 0 Å². The van der Waals surface area contributed by atoms with Crippen molar-refractivity contribution in [1.82, 2.24) is 15.1 Å². The minimum atomic E-state index is 0.319. The van der Waals surface area contributed by atoms with Crippen molar-refractivity contribution in [2.24, 2.45) is 4.99 Å². The fourth-order valence-electron chi connectivity index (χ4n) is 4.09. The molecule has 3 rings (SSSR count). The minimum absolute atomic E-state index is 0.319. The molecule has 1 N–H and O–H groups in total. The Hall–Kier alpha value is -1.49. The van der Waals surface area contributed by atoms with Gasteiger partial charge in [-0.1, -0.05) is 36.2 Å².